The Bertz CT molecular complexity index is 1270. The van der Waals surface area contributed by atoms with Crippen LogP contribution in [0.4, 0.5) is 23.1 Å². The molecular weight excluding hydrogens is 500 g/mol. The van der Waals surface area contributed by atoms with Gasteiger partial charge in [-0.2, -0.15) is 4.98 Å². The van der Waals surface area contributed by atoms with Crippen molar-refractivity contribution in [1.29, 1.82) is 0 Å². The third-order valence-corrected chi connectivity index (χ3v) is 6.62. The molecule has 4 rings (SSSR count). The minimum atomic E-state index is -0.174. The van der Waals surface area contributed by atoms with E-state index < -0.39 is 0 Å². The van der Waals surface area contributed by atoms with E-state index in [1.165, 1.54) is 11.1 Å². The Morgan fingerprint density at radius 1 is 1.08 bits per heavy atom. The molecule has 0 atom stereocenters. The predicted molar refractivity (Wildman–Crippen MR) is 154 cm³/mol. The fourth-order valence-electron chi connectivity index (χ4n) is 4.61. The first kappa shape index (κ1) is 27.7. The SMILES string of the molecule is Cc1cc(OC(C)C)c(Nc2ncc(Cl)c(Nc3ccccc3C(=O)NC(C)C)n2)cc1C1CCNCC1. The molecular formula is C29H37ClN6O2. The van der Waals surface area contributed by atoms with E-state index in [0.29, 0.717) is 34.0 Å². The minimum Gasteiger partial charge on any atom is -0.489 e. The van der Waals surface area contributed by atoms with E-state index in [-0.39, 0.29) is 18.1 Å². The average Bonchev–Trinajstić information content (AvgIpc) is 2.87. The maximum absolute atomic E-state index is 12.7. The number of rotatable bonds is 9. The number of benzene rings is 2. The van der Waals surface area contributed by atoms with Gasteiger partial charge in [0.15, 0.2) is 5.82 Å². The molecule has 0 unspecified atom stereocenters. The van der Waals surface area contributed by atoms with E-state index in [0.717, 1.165) is 37.4 Å². The maximum Gasteiger partial charge on any atom is 0.253 e. The summed E-state index contributed by atoms with van der Waals surface area (Å²) in [7, 11) is 0. The second-order valence-electron chi connectivity index (χ2n) is 10.2. The molecule has 1 saturated heterocycles. The summed E-state index contributed by atoms with van der Waals surface area (Å²) in [6.07, 6.45) is 3.75. The van der Waals surface area contributed by atoms with Gasteiger partial charge in [0.1, 0.15) is 10.8 Å². The second-order valence-corrected chi connectivity index (χ2v) is 10.6. The molecule has 1 aliphatic heterocycles. The Morgan fingerprint density at radius 3 is 2.53 bits per heavy atom. The van der Waals surface area contributed by atoms with E-state index >= 15 is 0 Å². The van der Waals surface area contributed by atoms with Crippen LogP contribution in [-0.2, 0) is 0 Å². The molecule has 2 aromatic carbocycles. The van der Waals surface area contributed by atoms with Gasteiger partial charge in [-0.1, -0.05) is 23.7 Å². The number of aromatic nitrogens is 2. The molecule has 0 radical (unpaired) electrons. The number of halogens is 1. The van der Waals surface area contributed by atoms with E-state index in [1.807, 2.05) is 45.9 Å². The maximum atomic E-state index is 12.7. The molecule has 4 N–H and O–H groups in total. The van der Waals surface area contributed by atoms with Crippen molar-refractivity contribution in [2.45, 2.75) is 65.5 Å². The van der Waals surface area contributed by atoms with Crippen molar-refractivity contribution >= 4 is 40.6 Å². The smallest absolute Gasteiger partial charge is 0.253 e. The normalized spacial score (nSPS) is 14.0. The zero-order valence-corrected chi connectivity index (χ0v) is 23.4. The lowest BCUT2D eigenvalue weighted by molar-refractivity contribution is 0.0944. The van der Waals surface area contributed by atoms with Crippen LogP contribution in [0.15, 0.2) is 42.6 Å². The summed E-state index contributed by atoms with van der Waals surface area (Å²) in [5.41, 5.74) is 4.44. The molecule has 0 spiro atoms. The quantitative estimate of drug-likeness (QED) is 0.254. The molecule has 3 aromatic rings. The van der Waals surface area contributed by atoms with Crippen molar-refractivity contribution in [3.8, 4) is 5.75 Å². The molecule has 202 valence electrons. The largest absolute Gasteiger partial charge is 0.489 e. The highest BCUT2D eigenvalue weighted by atomic mass is 35.5. The van der Waals surface area contributed by atoms with Crippen molar-refractivity contribution in [3.05, 3.63) is 64.3 Å². The van der Waals surface area contributed by atoms with Gasteiger partial charge in [-0.3, -0.25) is 4.79 Å². The zero-order valence-electron chi connectivity index (χ0n) is 22.7. The highest BCUT2D eigenvalue weighted by molar-refractivity contribution is 6.33. The monoisotopic (exact) mass is 536 g/mol. The standard InChI is InChI=1S/C29H37ClN6O2/c1-17(2)33-28(37)21-8-6-7-9-24(21)34-27-23(30)16-32-29(36-27)35-25-15-22(20-10-12-31-13-11-20)19(5)14-26(25)38-18(3)4/h6-9,14-18,20,31H,10-13H2,1-5H3,(H,33,37)(H2,32,34,35,36). The van der Waals surface area contributed by atoms with E-state index in [2.05, 4.69) is 50.3 Å². The number of carbonyl (C=O) groups is 1. The molecule has 0 saturated carbocycles. The van der Waals surface area contributed by atoms with Crippen LogP contribution in [0.25, 0.3) is 0 Å². The zero-order chi connectivity index (χ0) is 27.2. The first-order valence-electron chi connectivity index (χ1n) is 13.2. The summed E-state index contributed by atoms with van der Waals surface area (Å²) in [5.74, 6) is 1.83. The third kappa shape index (κ3) is 6.94. The summed E-state index contributed by atoms with van der Waals surface area (Å²) < 4.78 is 6.15. The van der Waals surface area contributed by atoms with Crippen LogP contribution in [0.2, 0.25) is 5.02 Å². The van der Waals surface area contributed by atoms with Crippen molar-refractivity contribution in [2.24, 2.45) is 0 Å². The Kier molecular flexibility index (Phi) is 9.07. The summed E-state index contributed by atoms with van der Waals surface area (Å²) in [4.78, 5) is 21.8. The molecule has 8 nitrogen and oxygen atoms in total. The highest BCUT2D eigenvalue weighted by Crippen LogP contribution is 2.37. The van der Waals surface area contributed by atoms with E-state index in [4.69, 9.17) is 16.3 Å². The van der Waals surface area contributed by atoms with Crippen molar-refractivity contribution in [2.75, 3.05) is 23.7 Å². The number of carbonyl (C=O) groups excluding carboxylic acids is 1. The van der Waals surface area contributed by atoms with Crippen LogP contribution in [0.5, 0.6) is 5.75 Å². The molecule has 1 amide bonds. The lowest BCUT2D eigenvalue weighted by Crippen LogP contribution is -2.30. The van der Waals surface area contributed by atoms with Crippen LogP contribution in [-0.4, -0.2) is 41.1 Å². The van der Waals surface area contributed by atoms with Gasteiger partial charge in [0.05, 0.1) is 29.2 Å². The number of hydrogen-bond acceptors (Lipinski definition) is 7. The lowest BCUT2D eigenvalue weighted by Gasteiger charge is -2.26. The molecule has 9 heteroatoms. The minimum absolute atomic E-state index is 0.0107. The first-order chi connectivity index (χ1) is 18.2. The number of ether oxygens (including phenoxy) is 1. The van der Waals surface area contributed by atoms with Gasteiger partial charge in [0.25, 0.3) is 5.91 Å². The molecule has 1 aromatic heterocycles. The van der Waals surface area contributed by atoms with Crippen LogP contribution in [0, 0.1) is 6.92 Å². The molecule has 38 heavy (non-hydrogen) atoms. The Morgan fingerprint density at radius 2 is 1.82 bits per heavy atom. The molecule has 0 aliphatic carbocycles. The van der Waals surface area contributed by atoms with Crippen molar-refractivity contribution < 1.29 is 9.53 Å². The summed E-state index contributed by atoms with van der Waals surface area (Å²) >= 11 is 6.47. The first-order valence-corrected chi connectivity index (χ1v) is 13.6. The van der Waals surface area contributed by atoms with Gasteiger partial charge >= 0.3 is 0 Å². The molecule has 0 bridgehead atoms. The highest BCUT2D eigenvalue weighted by Gasteiger charge is 2.21. The fourth-order valence-corrected chi connectivity index (χ4v) is 4.75. The van der Waals surface area contributed by atoms with Crippen molar-refractivity contribution in [1.82, 2.24) is 20.6 Å². The number of piperidine rings is 1. The Labute approximate surface area is 230 Å². The van der Waals surface area contributed by atoms with Gasteiger partial charge in [-0.05, 0) is 102 Å². The van der Waals surface area contributed by atoms with Gasteiger partial charge in [0.2, 0.25) is 5.95 Å². The van der Waals surface area contributed by atoms with Crippen LogP contribution in [0.3, 0.4) is 0 Å². The van der Waals surface area contributed by atoms with Crippen molar-refractivity contribution in [3.63, 3.8) is 0 Å². The van der Waals surface area contributed by atoms with Crippen LogP contribution in [0.1, 0.15) is 67.9 Å². The topological polar surface area (TPSA) is 100 Å². The molecule has 1 aliphatic rings. The summed E-state index contributed by atoms with van der Waals surface area (Å²) in [6.45, 7) is 12.0. The van der Waals surface area contributed by atoms with Crippen LogP contribution < -0.4 is 26.0 Å². The predicted octanol–water partition coefficient (Wildman–Crippen LogP) is 6.32. The fraction of sp³-hybridized carbons (Fsp3) is 0.414. The number of para-hydroxylation sites is 1. The Hall–Kier alpha value is -3.36. The van der Waals surface area contributed by atoms with E-state index in [9.17, 15) is 4.79 Å². The number of aryl methyl sites for hydroxylation is 1. The van der Waals surface area contributed by atoms with Crippen LogP contribution >= 0.6 is 11.6 Å². The summed E-state index contributed by atoms with van der Waals surface area (Å²) in [5, 5.41) is 13.3. The third-order valence-electron chi connectivity index (χ3n) is 6.34. The molecule has 1 fully saturated rings. The van der Waals surface area contributed by atoms with Gasteiger partial charge in [-0.25, -0.2) is 4.98 Å². The van der Waals surface area contributed by atoms with E-state index in [1.54, 1.807) is 12.3 Å². The number of nitrogens with zero attached hydrogens (tertiary/aromatic N) is 2. The number of nitrogens with one attached hydrogen (secondary N) is 4. The van der Waals surface area contributed by atoms with Gasteiger partial charge in [0, 0.05) is 6.04 Å². The van der Waals surface area contributed by atoms with Gasteiger partial charge < -0.3 is 26.0 Å². The lowest BCUT2D eigenvalue weighted by atomic mass is 9.87. The summed E-state index contributed by atoms with van der Waals surface area (Å²) in [6, 6.07) is 11.5. The second kappa shape index (κ2) is 12.5. The average molecular weight is 537 g/mol. The van der Waals surface area contributed by atoms with Gasteiger partial charge in [-0.15, -0.1) is 0 Å². The number of amides is 1. The number of anilines is 4. The molecule has 2 heterocycles. The number of hydrogen-bond donors (Lipinski definition) is 4. The Balaban J connectivity index is 1.64.